The Morgan fingerprint density at radius 3 is 2.27 bits per heavy atom. The average Bonchev–Trinajstić information content (AvgIpc) is 3.76. The van der Waals surface area contributed by atoms with Gasteiger partial charge in [0.25, 0.3) is 0 Å². The summed E-state index contributed by atoms with van der Waals surface area (Å²) in [6.45, 7) is 5.58. The molecule has 0 aromatic carbocycles. The molecule has 8 N–H and O–H groups in total. The maximum absolute atomic E-state index is 12.6. The number of aliphatic hydroxyl groups excluding tert-OH is 6. The van der Waals surface area contributed by atoms with Gasteiger partial charge in [0.05, 0.1) is 55.4 Å². The van der Waals surface area contributed by atoms with Crippen molar-refractivity contribution in [3.05, 3.63) is 11.6 Å². The third-order valence-electron chi connectivity index (χ3n) is 16.5. The Kier molecular flexibility index (Phi) is 12.5. The Hall–Kier alpha value is -1.39. The molecule has 4 aliphatic heterocycles. The van der Waals surface area contributed by atoms with Crippen LogP contribution in [0.2, 0.25) is 0 Å². The van der Waals surface area contributed by atoms with Gasteiger partial charge in [-0.25, -0.2) is 4.79 Å². The van der Waals surface area contributed by atoms with E-state index in [1.165, 1.54) is 0 Å². The maximum Gasteiger partial charge on any atom is 0.331 e. The maximum atomic E-state index is 12.6. The number of carbonyl (C=O) groups is 1. The number of esters is 1. The molecule has 4 saturated carbocycles. The highest BCUT2D eigenvalue weighted by Gasteiger charge is 2.70. The average molecular weight is 843 g/mol. The highest BCUT2D eigenvalue weighted by atomic mass is 16.7. The molecule has 17 nitrogen and oxygen atoms in total. The van der Waals surface area contributed by atoms with Gasteiger partial charge in [-0.3, -0.25) is 0 Å². The van der Waals surface area contributed by atoms with Crippen LogP contribution >= 0.6 is 0 Å². The molecule has 4 aliphatic carbocycles. The van der Waals surface area contributed by atoms with Gasteiger partial charge in [0.15, 0.2) is 18.9 Å². The van der Waals surface area contributed by atoms with Crippen molar-refractivity contribution in [2.75, 3.05) is 33.5 Å². The van der Waals surface area contributed by atoms with E-state index in [1.807, 2.05) is 6.92 Å². The molecule has 336 valence electrons. The largest absolute Gasteiger partial charge is 0.458 e. The van der Waals surface area contributed by atoms with E-state index in [1.54, 1.807) is 13.2 Å². The number of carbonyl (C=O) groups excluding carboxylic acids is 1. The molecule has 0 aromatic heterocycles. The Morgan fingerprint density at radius 2 is 1.56 bits per heavy atom. The molecule has 21 atom stereocenters. The SMILES string of the molecule is COC1CC(OC2CCC3(C)C4CCC5(C)C(C6=CC(=O)OC6)CCC5(O)C4CCC3(O)C2)OC(C)C1OC1OCC(COC2OC(CO)C(O)C(O)C2O)C(O)C1O. The van der Waals surface area contributed by atoms with Crippen LogP contribution in [0, 0.1) is 34.5 Å². The highest BCUT2D eigenvalue weighted by molar-refractivity contribution is 5.85. The fourth-order valence-corrected chi connectivity index (χ4v) is 12.9. The number of methoxy groups -OCH3 is 1. The molecular formula is C42H66O17. The van der Waals surface area contributed by atoms with Crippen LogP contribution in [0.25, 0.3) is 0 Å². The fourth-order valence-electron chi connectivity index (χ4n) is 12.9. The van der Waals surface area contributed by atoms with Crippen molar-refractivity contribution in [1.82, 2.24) is 0 Å². The van der Waals surface area contributed by atoms with Gasteiger partial charge >= 0.3 is 5.97 Å². The zero-order valence-corrected chi connectivity index (χ0v) is 34.5. The molecule has 8 rings (SSSR count). The van der Waals surface area contributed by atoms with Crippen molar-refractivity contribution in [2.45, 2.75) is 176 Å². The molecule has 7 fully saturated rings. The Bertz CT molecular complexity index is 1550. The van der Waals surface area contributed by atoms with Crippen LogP contribution in [-0.4, -0.2) is 171 Å². The first-order valence-corrected chi connectivity index (χ1v) is 21.7. The number of aliphatic hydroxyl groups is 8. The topological polar surface area (TPSA) is 253 Å². The van der Waals surface area contributed by atoms with Crippen LogP contribution in [0.5, 0.6) is 0 Å². The molecule has 59 heavy (non-hydrogen) atoms. The lowest BCUT2D eigenvalue weighted by Gasteiger charge is -2.66. The molecule has 0 amide bonds. The summed E-state index contributed by atoms with van der Waals surface area (Å²) in [4.78, 5) is 12.0. The number of hydrogen-bond acceptors (Lipinski definition) is 17. The van der Waals surface area contributed by atoms with E-state index in [0.717, 1.165) is 37.7 Å². The lowest BCUT2D eigenvalue weighted by molar-refractivity contribution is -0.337. The molecule has 0 bridgehead atoms. The van der Waals surface area contributed by atoms with Crippen LogP contribution in [0.15, 0.2) is 11.6 Å². The highest BCUT2D eigenvalue weighted by Crippen LogP contribution is 2.70. The monoisotopic (exact) mass is 842 g/mol. The zero-order chi connectivity index (χ0) is 42.2. The van der Waals surface area contributed by atoms with Gasteiger partial charge in [-0.05, 0) is 87.0 Å². The quantitative estimate of drug-likeness (QED) is 0.105. The van der Waals surface area contributed by atoms with Crippen molar-refractivity contribution in [2.24, 2.45) is 34.5 Å². The second-order valence-electron chi connectivity index (χ2n) is 19.4. The predicted molar refractivity (Wildman–Crippen MR) is 202 cm³/mol. The zero-order valence-electron chi connectivity index (χ0n) is 34.5. The minimum absolute atomic E-state index is 0.0538. The van der Waals surface area contributed by atoms with Crippen LogP contribution in [0.3, 0.4) is 0 Å². The van der Waals surface area contributed by atoms with Gasteiger partial charge in [-0.15, -0.1) is 0 Å². The summed E-state index contributed by atoms with van der Waals surface area (Å²) in [5.74, 6) is -0.752. The minimum Gasteiger partial charge on any atom is -0.458 e. The minimum atomic E-state index is -1.62. The molecule has 0 radical (unpaired) electrons. The van der Waals surface area contributed by atoms with Crippen LogP contribution in [-0.2, 0) is 42.7 Å². The molecule has 21 unspecified atom stereocenters. The van der Waals surface area contributed by atoms with Gasteiger partial charge in [-0.2, -0.15) is 0 Å². The van der Waals surface area contributed by atoms with E-state index in [4.69, 9.17) is 37.9 Å². The molecule has 3 saturated heterocycles. The first-order valence-electron chi connectivity index (χ1n) is 21.7. The molecule has 0 aromatic rings. The Labute approximate surface area is 344 Å². The second-order valence-corrected chi connectivity index (χ2v) is 19.4. The summed E-state index contributed by atoms with van der Waals surface area (Å²) >= 11 is 0. The van der Waals surface area contributed by atoms with E-state index in [2.05, 4.69) is 13.8 Å². The summed E-state index contributed by atoms with van der Waals surface area (Å²) in [6.07, 6.45) is -5.73. The number of ether oxygens (including phenoxy) is 8. The first-order chi connectivity index (χ1) is 28.0. The molecule has 8 aliphatic rings. The summed E-state index contributed by atoms with van der Waals surface area (Å²) < 4.78 is 47.0. The van der Waals surface area contributed by atoms with Gasteiger partial charge < -0.3 is 78.7 Å². The van der Waals surface area contributed by atoms with Gasteiger partial charge in [-0.1, -0.05) is 13.8 Å². The molecule has 4 heterocycles. The van der Waals surface area contributed by atoms with Crippen molar-refractivity contribution in [3.63, 3.8) is 0 Å². The predicted octanol–water partition coefficient (Wildman–Crippen LogP) is -0.211. The van der Waals surface area contributed by atoms with E-state index >= 15 is 0 Å². The van der Waals surface area contributed by atoms with E-state index in [-0.39, 0.29) is 48.5 Å². The van der Waals surface area contributed by atoms with Gasteiger partial charge in [0.1, 0.15) is 43.2 Å². The third kappa shape index (κ3) is 7.44. The van der Waals surface area contributed by atoms with Crippen LogP contribution < -0.4 is 0 Å². The van der Waals surface area contributed by atoms with Crippen molar-refractivity contribution < 1.29 is 83.5 Å². The van der Waals surface area contributed by atoms with Gasteiger partial charge in [0, 0.05) is 37.4 Å². The summed E-state index contributed by atoms with van der Waals surface area (Å²) in [6, 6.07) is 0. The first kappa shape index (κ1) is 44.2. The standard InChI is InChI=1S/C42H66O17/c1-20-36(59-38-34(48)31(45)22(19-55-38)18-54-37-35(49)33(47)32(46)28(16-43)58-37)27(52-4)14-30(56-20)57-23-5-9-39(2)25-6-10-40(3)24(21-13-29(44)53-17-21)8-12-42(40,51)26(25)7-11-41(39,50)15-23/h13,20,22-28,30-38,43,45-51H,5-12,14-19H2,1-4H3. The normalized spacial score (nSPS) is 53.9. The lowest BCUT2D eigenvalue weighted by Crippen LogP contribution is -2.67. The van der Waals surface area contributed by atoms with Crippen LogP contribution in [0.1, 0.15) is 85.0 Å². The Balaban J connectivity index is 0.842. The smallest absolute Gasteiger partial charge is 0.331 e. The van der Waals surface area contributed by atoms with Gasteiger partial charge in [0.2, 0.25) is 0 Å². The van der Waals surface area contributed by atoms with Crippen molar-refractivity contribution in [3.8, 4) is 0 Å². The van der Waals surface area contributed by atoms with Crippen molar-refractivity contribution in [1.29, 1.82) is 0 Å². The van der Waals surface area contributed by atoms with E-state index < -0.39 is 103 Å². The third-order valence-corrected chi connectivity index (χ3v) is 16.5. The Morgan fingerprint density at radius 1 is 0.831 bits per heavy atom. The van der Waals surface area contributed by atoms with E-state index in [9.17, 15) is 45.6 Å². The number of rotatable bonds is 10. The summed E-state index contributed by atoms with van der Waals surface area (Å²) in [5.41, 5.74) is -1.61. The number of cyclic esters (lactones) is 1. The number of hydrogen-bond donors (Lipinski definition) is 8. The second kappa shape index (κ2) is 16.6. The number of fused-ring (bicyclic) bond motifs is 5. The molecule has 17 heteroatoms. The molecule has 0 spiro atoms. The lowest BCUT2D eigenvalue weighted by atomic mass is 9.42. The van der Waals surface area contributed by atoms with E-state index in [0.29, 0.717) is 38.7 Å². The van der Waals surface area contributed by atoms with Crippen molar-refractivity contribution >= 4 is 5.97 Å². The van der Waals surface area contributed by atoms with Crippen LogP contribution in [0.4, 0.5) is 0 Å². The summed E-state index contributed by atoms with van der Waals surface area (Å²) in [5, 5.41) is 87.0. The summed E-state index contributed by atoms with van der Waals surface area (Å²) in [7, 11) is 1.55. The molecular weight excluding hydrogens is 776 g/mol. The fraction of sp³-hybridized carbons (Fsp3) is 0.929.